The van der Waals surface area contributed by atoms with Crippen molar-refractivity contribution in [2.45, 2.75) is 39.5 Å². The fourth-order valence-corrected chi connectivity index (χ4v) is 3.18. The molecular weight excluding hydrogens is 396 g/mol. The Hall–Kier alpha value is -2.93. The highest BCUT2D eigenvalue weighted by atomic mass is 32.1. The molecule has 0 unspecified atom stereocenters. The molecule has 6 nitrogen and oxygen atoms in total. The fourth-order valence-electron chi connectivity index (χ4n) is 2.98. The van der Waals surface area contributed by atoms with E-state index >= 15 is 0 Å². The molecule has 2 aromatic carbocycles. The maximum absolute atomic E-state index is 5.98. The predicted molar refractivity (Wildman–Crippen MR) is 122 cm³/mol. The van der Waals surface area contributed by atoms with Gasteiger partial charge in [0.2, 0.25) is 4.77 Å². The standard InChI is InChI=1S/C23H28N4O2S/c1-3-5-11-22-25-26-23(30)27(22)24-17-19-12-13-20(21(16-19)28-4-2)29-15-14-18-9-7-6-8-10-18/h6-10,12-13,16-17H,3-5,11,14-15H2,1-2H3,(H,26,30)/b24-17+. The number of aromatic amines is 1. The Kier molecular flexibility index (Phi) is 8.20. The van der Waals surface area contributed by atoms with E-state index in [0.717, 1.165) is 42.8 Å². The summed E-state index contributed by atoms with van der Waals surface area (Å²) in [6.45, 7) is 5.25. The van der Waals surface area contributed by atoms with E-state index < -0.39 is 0 Å². The minimum Gasteiger partial charge on any atom is -0.490 e. The van der Waals surface area contributed by atoms with E-state index in [-0.39, 0.29) is 0 Å². The summed E-state index contributed by atoms with van der Waals surface area (Å²) in [6.07, 6.45) is 5.57. The smallest absolute Gasteiger partial charge is 0.216 e. The molecule has 0 saturated heterocycles. The quantitative estimate of drug-likeness (QED) is 0.340. The van der Waals surface area contributed by atoms with Gasteiger partial charge < -0.3 is 9.47 Å². The summed E-state index contributed by atoms with van der Waals surface area (Å²) in [5.74, 6) is 2.27. The van der Waals surface area contributed by atoms with Crippen molar-refractivity contribution in [1.82, 2.24) is 14.9 Å². The summed E-state index contributed by atoms with van der Waals surface area (Å²) in [4.78, 5) is 0. The first-order valence-corrected chi connectivity index (χ1v) is 10.8. The highest BCUT2D eigenvalue weighted by Gasteiger charge is 2.08. The average Bonchev–Trinajstić information content (AvgIpc) is 3.12. The van der Waals surface area contributed by atoms with E-state index in [1.54, 1.807) is 10.9 Å². The molecule has 158 valence electrons. The second kappa shape index (κ2) is 11.3. The summed E-state index contributed by atoms with van der Waals surface area (Å²) in [5, 5.41) is 11.6. The van der Waals surface area contributed by atoms with Crippen LogP contribution in [0.1, 0.15) is 43.6 Å². The highest BCUT2D eigenvalue weighted by molar-refractivity contribution is 7.71. The second-order valence-electron chi connectivity index (χ2n) is 6.83. The van der Waals surface area contributed by atoms with E-state index in [1.807, 2.05) is 43.3 Å². The lowest BCUT2D eigenvalue weighted by molar-refractivity contribution is 0.279. The van der Waals surface area contributed by atoms with Gasteiger partial charge in [0.15, 0.2) is 17.3 Å². The molecule has 0 aliphatic heterocycles. The molecule has 3 rings (SSSR count). The van der Waals surface area contributed by atoms with Crippen molar-refractivity contribution in [2.75, 3.05) is 13.2 Å². The van der Waals surface area contributed by atoms with Crippen molar-refractivity contribution in [3.8, 4) is 11.5 Å². The molecule has 1 heterocycles. The van der Waals surface area contributed by atoms with E-state index in [9.17, 15) is 0 Å². The topological polar surface area (TPSA) is 64.4 Å². The van der Waals surface area contributed by atoms with Gasteiger partial charge in [-0.1, -0.05) is 43.7 Å². The first-order chi connectivity index (χ1) is 14.7. The summed E-state index contributed by atoms with van der Waals surface area (Å²) >= 11 is 5.30. The Balaban J connectivity index is 1.71. The van der Waals surface area contributed by atoms with Crippen molar-refractivity contribution in [3.63, 3.8) is 0 Å². The molecule has 0 amide bonds. The van der Waals surface area contributed by atoms with Gasteiger partial charge in [-0.25, -0.2) is 0 Å². The number of benzene rings is 2. The Bertz CT molecular complexity index is 1010. The Labute approximate surface area is 182 Å². The first kappa shape index (κ1) is 21.8. The minimum absolute atomic E-state index is 0.489. The Morgan fingerprint density at radius 3 is 2.67 bits per heavy atom. The molecule has 0 atom stereocenters. The van der Waals surface area contributed by atoms with Crippen LogP contribution in [0.25, 0.3) is 0 Å². The van der Waals surface area contributed by atoms with Crippen molar-refractivity contribution in [1.29, 1.82) is 0 Å². The number of nitrogens with zero attached hydrogens (tertiary/aromatic N) is 3. The molecule has 1 aromatic heterocycles. The lowest BCUT2D eigenvalue weighted by Gasteiger charge is -2.12. The zero-order chi connectivity index (χ0) is 21.2. The van der Waals surface area contributed by atoms with E-state index in [1.165, 1.54) is 5.56 Å². The number of nitrogens with one attached hydrogen (secondary N) is 1. The number of hydrogen-bond acceptors (Lipinski definition) is 5. The van der Waals surface area contributed by atoms with Gasteiger partial charge in [0, 0.05) is 12.8 Å². The van der Waals surface area contributed by atoms with Crippen LogP contribution in [0, 0.1) is 4.77 Å². The third kappa shape index (κ3) is 6.03. The van der Waals surface area contributed by atoms with Crippen LogP contribution < -0.4 is 9.47 Å². The van der Waals surface area contributed by atoms with Gasteiger partial charge in [-0.05, 0) is 54.9 Å². The molecule has 0 aliphatic rings. The van der Waals surface area contributed by atoms with Gasteiger partial charge in [0.05, 0.1) is 19.4 Å². The molecule has 7 heteroatoms. The molecule has 0 fully saturated rings. The SMILES string of the molecule is CCCCc1n[nH]c(=S)n1/N=C/c1ccc(OCCc2ccccc2)c(OCC)c1. The summed E-state index contributed by atoms with van der Waals surface area (Å²) < 4.78 is 13.9. The molecule has 30 heavy (non-hydrogen) atoms. The van der Waals surface area contributed by atoms with Crippen molar-refractivity contribution < 1.29 is 9.47 Å². The zero-order valence-corrected chi connectivity index (χ0v) is 18.3. The molecule has 0 spiro atoms. The van der Waals surface area contributed by atoms with Crippen LogP contribution in [0.3, 0.4) is 0 Å². The molecule has 0 aliphatic carbocycles. The van der Waals surface area contributed by atoms with Gasteiger partial charge in [-0.3, -0.25) is 5.10 Å². The van der Waals surface area contributed by atoms with Crippen LogP contribution in [-0.4, -0.2) is 34.3 Å². The van der Waals surface area contributed by atoms with Crippen LogP contribution in [0.4, 0.5) is 0 Å². The van der Waals surface area contributed by atoms with Crippen LogP contribution >= 0.6 is 12.2 Å². The molecule has 3 aromatic rings. The number of ether oxygens (including phenoxy) is 2. The third-order valence-corrected chi connectivity index (χ3v) is 4.82. The molecule has 0 radical (unpaired) electrons. The van der Waals surface area contributed by atoms with Crippen LogP contribution in [0.15, 0.2) is 53.6 Å². The van der Waals surface area contributed by atoms with Gasteiger partial charge in [-0.15, -0.1) is 0 Å². The summed E-state index contributed by atoms with van der Waals surface area (Å²) in [5.41, 5.74) is 2.15. The van der Waals surface area contributed by atoms with Crippen molar-refractivity contribution in [3.05, 3.63) is 70.3 Å². The maximum Gasteiger partial charge on any atom is 0.216 e. The zero-order valence-electron chi connectivity index (χ0n) is 17.5. The summed E-state index contributed by atoms with van der Waals surface area (Å²) in [6, 6.07) is 16.1. The fraction of sp³-hybridized carbons (Fsp3) is 0.348. The number of rotatable bonds is 11. The van der Waals surface area contributed by atoms with Crippen molar-refractivity contribution >= 4 is 18.4 Å². The molecule has 0 saturated carbocycles. The number of aromatic nitrogens is 3. The van der Waals surface area contributed by atoms with Crippen LogP contribution in [0.5, 0.6) is 11.5 Å². The van der Waals surface area contributed by atoms with Gasteiger partial charge in [-0.2, -0.15) is 14.9 Å². The Morgan fingerprint density at radius 2 is 1.90 bits per heavy atom. The highest BCUT2D eigenvalue weighted by Crippen LogP contribution is 2.28. The first-order valence-electron chi connectivity index (χ1n) is 10.4. The lowest BCUT2D eigenvalue weighted by Crippen LogP contribution is -2.04. The molecular formula is C23H28N4O2S. The van der Waals surface area contributed by atoms with Crippen LogP contribution in [-0.2, 0) is 12.8 Å². The van der Waals surface area contributed by atoms with Gasteiger partial charge in [0.25, 0.3) is 0 Å². The van der Waals surface area contributed by atoms with Crippen molar-refractivity contribution in [2.24, 2.45) is 5.10 Å². The predicted octanol–water partition coefficient (Wildman–Crippen LogP) is 5.19. The van der Waals surface area contributed by atoms with E-state index in [4.69, 9.17) is 21.7 Å². The van der Waals surface area contributed by atoms with Gasteiger partial charge >= 0.3 is 0 Å². The van der Waals surface area contributed by atoms with E-state index in [0.29, 0.717) is 23.7 Å². The monoisotopic (exact) mass is 424 g/mol. The van der Waals surface area contributed by atoms with E-state index in [2.05, 4.69) is 34.4 Å². The number of unbranched alkanes of at least 4 members (excludes halogenated alkanes) is 1. The third-order valence-electron chi connectivity index (χ3n) is 4.55. The summed E-state index contributed by atoms with van der Waals surface area (Å²) in [7, 11) is 0. The number of aryl methyl sites for hydroxylation is 1. The van der Waals surface area contributed by atoms with Gasteiger partial charge in [0.1, 0.15) is 0 Å². The molecule has 1 N–H and O–H groups in total. The van der Waals surface area contributed by atoms with Crippen LogP contribution in [0.2, 0.25) is 0 Å². The second-order valence-corrected chi connectivity index (χ2v) is 7.21. The molecule has 0 bridgehead atoms. The largest absolute Gasteiger partial charge is 0.490 e. The maximum atomic E-state index is 5.98. The normalized spacial score (nSPS) is 11.1. The number of H-pyrrole nitrogens is 1. The average molecular weight is 425 g/mol. The Morgan fingerprint density at radius 1 is 1.07 bits per heavy atom. The lowest BCUT2D eigenvalue weighted by atomic mass is 10.2. The number of hydrogen-bond donors (Lipinski definition) is 1. The minimum atomic E-state index is 0.489.